The number of carbonyl (C=O) groups excluding carboxylic acids is 1. The predicted octanol–water partition coefficient (Wildman–Crippen LogP) is 2.26. The van der Waals surface area contributed by atoms with E-state index in [2.05, 4.69) is 10.2 Å². The Morgan fingerprint density at radius 2 is 1.91 bits per heavy atom. The summed E-state index contributed by atoms with van der Waals surface area (Å²) in [5.74, 6) is 0. The van der Waals surface area contributed by atoms with Gasteiger partial charge in [0.2, 0.25) is 0 Å². The Morgan fingerprint density at radius 1 is 1.17 bits per heavy atom. The highest BCUT2D eigenvalue weighted by Gasteiger charge is 2.30. The topological polar surface area (TPSA) is 67.6 Å². The maximum Gasteiger partial charge on any atom is 0.407 e. The summed E-state index contributed by atoms with van der Waals surface area (Å²) in [6.07, 6.45) is 5.13. The van der Waals surface area contributed by atoms with Crippen LogP contribution in [0.25, 0.3) is 0 Å². The van der Waals surface area contributed by atoms with Gasteiger partial charge in [-0.2, -0.15) is 0 Å². The molecular formula is C18H27N3O2. The van der Waals surface area contributed by atoms with Crippen molar-refractivity contribution in [1.29, 1.82) is 0 Å². The average molecular weight is 317 g/mol. The lowest BCUT2D eigenvalue weighted by Crippen LogP contribution is -2.44. The number of likely N-dealkylation sites (tertiary alicyclic amines) is 1. The molecule has 1 aromatic rings. The highest BCUT2D eigenvalue weighted by atomic mass is 16.5. The van der Waals surface area contributed by atoms with Gasteiger partial charge in [0.25, 0.3) is 0 Å². The lowest BCUT2D eigenvalue weighted by molar-refractivity contribution is 0.125. The van der Waals surface area contributed by atoms with Gasteiger partial charge in [-0.3, -0.25) is 4.90 Å². The van der Waals surface area contributed by atoms with Crippen LogP contribution < -0.4 is 11.1 Å². The molecule has 1 aromatic carbocycles. The van der Waals surface area contributed by atoms with Crippen molar-refractivity contribution < 1.29 is 9.53 Å². The van der Waals surface area contributed by atoms with Crippen LogP contribution in [0.2, 0.25) is 0 Å². The summed E-state index contributed by atoms with van der Waals surface area (Å²) in [6, 6.07) is 11.0. The molecule has 1 saturated carbocycles. The highest BCUT2D eigenvalue weighted by Crippen LogP contribution is 2.25. The van der Waals surface area contributed by atoms with E-state index in [1.54, 1.807) is 0 Å². The molecule has 0 spiro atoms. The zero-order valence-electron chi connectivity index (χ0n) is 13.6. The van der Waals surface area contributed by atoms with Crippen LogP contribution in [0.15, 0.2) is 30.3 Å². The van der Waals surface area contributed by atoms with Crippen molar-refractivity contribution in [3.63, 3.8) is 0 Å². The van der Waals surface area contributed by atoms with E-state index in [-0.39, 0.29) is 12.1 Å². The summed E-state index contributed by atoms with van der Waals surface area (Å²) in [5, 5.41) is 3.00. The number of alkyl carbamates (subject to hydrolysis) is 1. The Kier molecular flexibility index (Phi) is 5.51. The fourth-order valence-corrected chi connectivity index (χ4v) is 3.66. The van der Waals surface area contributed by atoms with Crippen LogP contribution in [0.4, 0.5) is 4.79 Å². The number of amides is 1. The largest absolute Gasteiger partial charge is 0.445 e. The third-order valence-electron chi connectivity index (χ3n) is 5.00. The first-order chi connectivity index (χ1) is 11.2. The number of nitrogens with one attached hydrogen (secondary N) is 1. The zero-order chi connectivity index (χ0) is 16.1. The molecular weight excluding hydrogens is 290 g/mol. The maximum absolute atomic E-state index is 11.9. The quantitative estimate of drug-likeness (QED) is 0.894. The summed E-state index contributed by atoms with van der Waals surface area (Å²) < 4.78 is 5.29. The third-order valence-corrected chi connectivity index (χ3v) is 5.00. The van der Waals surface area contributed by atoms with Crippen molar-refractivity contribution >= 4 is 6.09 Å². The summed E-state index contributed by atoms with van der Waals surface area (Å²) >= 11 is 0. The molecule has 5 nitrogen and oxygen atoms in total. The number of ether oxygens (including phenoxy) is 1. The van der Waals surface area contributed by atoms with Gasteiger partial charge < -0.3 is 15.8 Å². The number of hydrogen-bond donors (Lipinski definition) is 2. The molecule has 23 heavy (non-hydrogen) atoms. The van der Waals surface area contributed by atoms with Gasteiger partial charge in [-0.25, -0.2) is 4.79 Å². The second kappa shape index (κ2) is 7.79. The molecule has 1 aliphatic carbocycles. The summed E-state index contributed by atoms with van der Waals surface area (Å²) in [5.41, 5.74) is 7.00. The first-order valence-electron chi connectivity index (χ1n) is 8.67. The Balaban J connectivity index is 1.36. The Labute approximate surface area is 138 Å². The van der Waals surface area contributed by atoms with E-state index in [0.29, 0.717) is 18.7 Å². The van der Waals surface area contributed by atoms with E-state index in [0.717, 1.165) is 50.8 Å². The van der Waals surface area contributed by atoms with Crippen LogP contribution in [0, 0.1) is 0 Å². The molecule has 3 N–H and O–H groups in total. The highest BCUT2D eigenvalue weighted by molar-refractivity contribution is 5.67. The SMILES string of the molecule is N[C@H]1CCN(C2CCC(NC(=O)OCc3ccccc3)CC2)C1. The minimum absolute atomic E-state index is 0.241. The van der Waals surface area contributed by atoms with Gasteiger partial charge in [0.15, 0.2) is 0 Å². The first-order valence-corrected chi connectivity index (χ1v) is 8.67. The van der Waals surface area contributed by atoms with Gasteiger partial charge in [0, 0.05) is 31.2 Å². The Morgan fingerprint density at radius 3 is 2.57 bits per heavy atom. The molecule has 0 unspecified atom stereocenters. The molecule has 3 rings (SSSR count). The van der Waals surface area contributed by atoms with Gasteiger partial charge in [-0.05, 0) is 37.7 Å². The fourth-order valence-electron chi connectivity index (χ4n) is 3.66. The normalized spacial score (nSPS) is 28.5. The van der Waals surface area contributed by atoms with Crippen molar-refractivity contribution in [2.24, 2.45) is 5.73 Å². The zero-order valence-corrected chi connectivity index (χ0v) is 13.6. The van der Waals surface area contributed by atoms with Crippen molar-refractivity contribution in [3.8, 4) is 0 Å². The number of hydrogen-bond acceptors (Lipinski definition) is 4. The van der Waals surface area contributed by atoms with Crippen LogP contribution in [0.3, 0.4) is 0 Å². The summed E-state index contributed by atoms with van der Waals surface area (Å²) in [4.78, 5) is 14.4. The second-order valence-corrected chi connectivity index (χ2v) is 6.76. The summed E-state index contributed by atoms with van der Waals surface area (Å²) in [7, 11) is 0. The number of nitrogens with two attached hydrogens (primary N) is 1. The number of rotatable bonds is 4. The van der Waals surface area contributed by atoms with E-state index < -0.39 is 0 Å². The Hall–Kier alpha value is -1.59. The lowest BCUT2D eigenvalue weighted by atomic mass is 9.90. The van der Waals surface area contributed by atoms with Crippen LogP contribution in [-0.2, 0) is 11.3 Å². The van der Waals surface area contributed by atoms with Crippen LogP contribution in [-0.4, -0.2) is 42.2 Å². The second-order valence-electron chi connectivity index (χ2n) is 6.76. The van der Waals surface area contributed by atoms with E-state index in [4.69, 9.17) is 10.5 Å². The van der Waals surface area contributed by atoms with E-state index in [1.165, 1.54) is 0 Å². The maximum atomic E-state index is 11.9. The molecule has 0 radical (unpaired) electrons. The van der Waals surface area contributed by atoms with Gasteiger partial charge in [-0.15, -0.1) is 0 Å². The molecule has 1 aliphatic heterocycles. The van der Waals surface area contributed by atoms with Crippen molar-refractivity contribution in [1.82, 2.24) is 10.2 Å². The molecule has 1 amide bonds. The molecule has 1 saturated heterocycles. The number of benzene rings is 1. The number of carbonyl (C=O) groups is 1. The molecule has 2 fully saturated rings. The molecule has 126 valence electrons. The lowest BCUT2D eigenvalue weighted by Gasteiger charge is -2.34. The predicted molar refractivity (Wildman–Crippen MR) is 90.0 cm³/mol. The summed E-state index contributed by atoms with van der Waals surface area (Å²) in [6.45, 7) is 2.48. The molecule has 1 atom stereocenters. The minimum Gasteiger partial charge on any atom is -0.445 e. The molecule has 0 bridgehead atoms. The molecule has 0 aromatic heterocycles. The van der Waals surface area contributed by atoms with Crippen molar-refractivity contribution in [2.45, 2.75) is 56.8 Å². The van der Waals surface area contributed by atoms with Gasteiger partial charge in [0.05, 0.1) is 0 Å². The monoisotopic (exact) mass is 317 g/mol. The van der Waals surface area contributed by atoms with E-state index in [9.17, 15) is 4.79 Å². The van der Waals surface area contributed by atoms with Gasteiger partial charge in [0.1, 0.15) is 6.61 Å². The third kappa shape index (κ3) is 4.69. The van der Waals surface area contributed by atoms with Gasteiger partial charge >= 0.3 is 6.09 Å². The van der Waals surface area contributed by atoms with Crippen LogP contribution in [0.5, 0.6) is 0 Å². The van der Waals surface area contributed by atoms with Crippen molar-refractivity contribution in [2.75, 3.05) is 13.1 Å². The average Bonchev–Trinajstić information content (AvgIpc) is 3.01. The first kappa shape index (κ1) is 16.3. The van der Waals surface area contributed by atoms with Crippen LogP contribution in [0.1, 0.15) is 37.7 Å². The Bertz CT molecular complexity index is 500. The van der Waals surface area contributed by atoms with E-state index >= 15 is 0 Å². The van der Waals surface area contributed by atoms with E-state index in [1.807, 2.05) is 30.3 Å². The van der Waals surface area contributed by atoms with Crippen molar-refractivity contribution in [3.05, 3.63) is 35.9 Å². The molecule has 2 aliphatic rings. The number of nitrogens with zero attached hydrogens (tertiary/aromatic N) is 1. The molecule has 5 heteroatoms. The minimum atomic E-state index is -0.305. The van der Waals surface area contributed by atoms with Gasteiger partial charge in [-0.1, -0.05) is 30.3 Å². The van der Waals surface area contributed by atoms with Crippen LogP contribution >= 0.6 is 0 Å². The standard InChI is InChI=1S/C18H27N3O2/c19-15-10-11-21(12-15)17-8-6-16(7-9-17)20-18(22)23-13-14-4-2-1-3-5-14/h1-5,15-17H,6-13,19H2,(H,20,22)/t15-,16?,17?/m0/s1. The molecule has 1 heterocycles. The smallest absolute Gasteiger partial charge is 0.407 e. The fraction of sp³-hybridized carbons (Fsp3) is 0.611.